The molecule has 1 N–H and O–H groups in total. The van der Waals surface area contributed by atoms with Crippen LogP contribution in [0.15, 0.2) is 42.7 Å². The summed E-state index contributed by atoms with van der Waals surface area (Å²) >= 11 is 0. The lowest BCUT2D eigenvalue weighted by Gasteiger charge is -2.17. The fourth-order valence-corrected chi connectivity index (χ4v) is 1.70. The first-order valence-corrected chi connectivity index (χ1v) is 5.97. The molecule has 1 aromatic heterocycles. The highest BCUT2D eigenvalue weighted by Gasteiger charge is 2.07. The average Bonchev–Trinajstić information content (AvgIpc) is 2.46. The second kappa shape index (κ2) is 5.95. The van der Waals surface area contributed by atoms with Crippen LogP contribution in [0.1, 0.15) is 6.42 Å². The largest absolute Gasteiger partial charge is 0.481 e. The van der Waals surface area contributed by atoms with Crippen molar-refractivity contribution in [2.24, 2.45) is 0 Å². The predicted molar refractivity (Wildman–Crippen MR) is 73.0 cm³/mol. The first kappa shape index (κ1) is 13.0. The van der Waals surface area contributed by atoms with E-state index in [1.165, 1.54) is 6.33 Å². The van der Waals surface area contributed by atoms with Gasteiger partial charge in [0.05, 0.1) is 12.1 Å². The third-order valence-corrected chi connectivity index (χ3v) is 2.77. The van der Waals surface area contributed by atoms with Crippen molar-refractivity contribution in [1.29, 1.82) is 0 Å². The topological polar surface area (TPSA) is 66.3 Å². The van der Waals surface area contributed by atoms with Gasteiger partial charge in [-0.3, -0.25) is 4.79 Å². The fourth-order valence-electron chi connectivity index (χ4n) is 1.70. The highest BCUT2D eigenvalue weighted by atomic mass is 16.4. The molecular weight excluding hydrogens is 242 g/mol. The highest BCUT2D eigenvalue weighted by Crippen LogP contribution is 2.19. The molecular formula is C14H15N3O2. The molecule has 5 nitrogen and oxygen atoms in total. The minimum Gasteiger partial charge on any atom is -0.481 e. The molecule has 2 rings (SSSR count). The zero-order valence-electron chi connectivity index (χ0n) is 10.7. The summed E-state index contributed by atoms with van der Waals surface area (Å²) < 4.78 is 0. The van der Waals surface area contributed by atoms with Gasteiger partial charge in [-0.1, -0.05) is 30.3 Å². The maximum atomic E-state index is 10.6. The van der Waals surface area contributed by atoms with Gasteiger partial charge in [0.15, 0.2) is 0 Å². The van der Waals surface area contributed by atoms with Crippen LogP contribution in [0.3, 0.4) is 0 Å². The summed E-state index contributed by atoms with van der Waals surface area (Å²) in [5.74, 6) is -0.0979. The van der Waals surface area contributed by atoms with E-state index >= 15 is 0 Å². The second-order valence-electron chi connectivity index (χ2n) is 4.19. The molecule has 1 aromatic carbocycles. The first-order valence-electron chi connectivity index (χ1n) is 5.97. The third-order valence-electron chi connectivity index (χ3n) is 2.77. The van der Waals surface area contributed by atoms with Gasteiger partial charge < -0.3 is 10.0 Å². The van der Waals surface area contributed by atoms with Gasteiger partial charge in [0, 0.05) is 25.2 Å². The van der Waals surface area contributed by atoms with Crippen LogP contribution in [-0.4, -0.2) is 34.6 Å². The Bertz CT molecular complexity index is 558. The van der Waals surface area contributed by atoms with Gasteiger partial charge in [-0.25, -0.2) is 9.97 Å². The van der Waals surface area contributed by atoms with Gasteiger partial charge in [0.25, 0.3) is 0 Å². The number of carbonyl (C=O) groups is 1. The number of anilines is 1. The maximum absolute atomic E-state index is 10.6. The molecule has 19 heavy (non-hydrogen) atoms. The summed E-state index contributed by atoms with van der Waals surface area (Å²) in [5.41, 5.74) is 1.84. The van der Waals surface area contributed by atoms with Crippen molar-refractivity contribution >= 4 is 11.8 Å². The predicted octanol–water partition coefficient (Wildman–Crippen LogP) is 2.05. The molecule has 0 aliphatic carbocycles. The summed E-state index contributed by atoms with van der Waals surface area (Å²) in [6.45, 7) is 0.417. The number of aromatic nitrogens is 2. The van der Waals surface area contributed by atoms with Crippen LogP contribution in [0.5, 0.6) is 0 Å². The summed E-state index contributed by atoms with van der Waals surface area (Å²) in [6, 6.07) is 11.7. The molecule has 0 unspecified atom stereocenters. The minimum absolute atomic E-state index is 0.0845. The number of hydrogen-bond donors (Lipinski definition) is 1. The van der Waals surface area contributed by atoms with Crippen molar-refractivity contribution in [3.63, 3.8) is 0 Å². The minimum atomic E-state index is -0.816. The molecule has 0 atom stereocenters. The van der Waals surface area contributed by atoms with Crippen molar-refractivity contribution in [3.05, 3.63) is 42.7 Å². The SMILES string of the molecule is CN(CCC(=O)O)c1cc(-c2ccccc2)ncn1. The molecule has 0 bridgehead atoms. The zero-order valence-corrected chi connectivity index (χ0v) is 10.7. The first-order chi connectivity index (χ1) is 9.16. The molecule has 0 aliphatic rings. The van der Waals surface area contributed by atoms with Crippen molar-refractivity contribution in [3.8, 4) is 11.3 Å². The molecule has 0 fully saturated rings. The van der Waals surface area contributed by atoms with Gasteiger partial charge >= 0.3 is 5.97 Å². The summed E-state index contributed by atoms with van der Waals surface area (Å²) in [4.78, 5) is 20.8. The third kappa shape index (κ3) is 3.51. The molecule has 98 valence electrons. The van der Waals surface area contributed by atoms with Gasteiger partial charge in [0.1, 0.15) is 12.1 Å². The molecule has 0 radical (unpaired) electrons. The standard InChI is InChI=1S/C14H15N3O2/c1-17(8-7-14(18)19)13-9-12(15-10-16-13)11-5-3-2-4-6-11/h2-6,9-10H,7-8H2,1H3,(H,18,19). The molecule has 2 aromatic rings. The molecule has 0 aliphatic heterocycles. The molecule has 0 spiro atoms. The van der Waals surface area contributed by atoms with Crippen LogP contribution in [0.2, 0.25) is 0 Å². The zero-order chi connectivity index (χ0) is 13.7. The molecule has 0 saturated carbocycles. The smallest absolute Gasteiger partial charge is 0.305 e. The lowest BCUT2D eigenvalue weighted by Crippen LogP contribution is -2.22. The van der Waals surface area contributed by atoms with Crippen LogP contribution in [0.4, 0.5) is 5.82 Å². The number of aliphatic carboxylic acids is 1. The Morgan fingerprint density at radius 1 is 1.26 bits per heavy atom. The van der Waals surface area contributed by atoms with E-state index in [1.54, 1.807) is 0 Å². The number of rotatable bonds is 5. The van der Waals surface area contributed by atoms with Gasteiger partial charge in [0.2, 0.25) is 0 Å². The molecule has 1 heterocycles. The van der Waals surface area contributed by atoms with Gasteiger partial charge in [-0.05, 0) is 0 Å². The number of carboxylic acid groups (broad SMARTS) is 1. The number of nitrogens with zero attached hydrogens (tertiary/aromatic N) is 3. The van der Waals surface area contributed by atoms with Crippen molar-refractivity contribution in [2.75, 3.05) is 18.5 Å². The van der Waals surface area contributed by atoms with E-state index < -0.39 is 5.97 Å². The summed E-state index contributed by atoms with van der Waals surface area (Å²) in [7, 11) is 1.82. The molecule has 0 amide bonds. The number of benzene rings is 1. The van der Waals surface area contributed by atoms with Crippen LogP contribution in [0.25, 0.3) is 11.3 Å². The average molecular weight is 257 g/mol. The van der Waals surface area contributed by atoms with Crippen LogP contribution in [0, 0.1) is 0 Å². The Balaban J connectivity index is 2.17. The summed E-state index contributed by atoms with van der Waals surface area (Å²) in [5, 5.41) is 8.68. The normalized spacial score (nSPS) is 10.2. The van der Waals surface area contributed by atoms with E-state index in [2.05, 4.69) is 9.97 Å². The van der Waals surface area contributed by atoms with E-state index in [9.17, 15) is 4.79 Å². The molecule has 5 heteroatoms. The monoisotopic (exact) mass is 257 g/mol. The van der Waals surface area contributed by atoms with Gasteiger partial charge in [-0.2, -0.15) is 0 Å². The Kier molecular flexibility index (Phi) is 4.07. The fraction of sp³-hybridized carbons (Fsp3) is 0.214. The lowest BCUT2D eigenvalue weighted by molar-refractivity contribution is -0.136. The highest BCUT2D eigenvalue weighted by molar-refractivity contribution is 5.68. The lowest BCUT2D eigenvalue weighted by atomic mass is 10.1. The van der Waals surface area contributed by atoms with E-state index in [0.29, 0.717) is 6.54 Å². The quantitative estimate of drug-likeness (QED) is 0.888. The van der Waals surface area contributed by atoms with Crippen molar-refractivity contribution in [2.45, 2.75) is 6.42 Å². The Labute approximate surface area is 111 Å². The Morgan fingerprint density at radius 2 is 2.00 bits per heavy atom. The van der Waals surface area contributed by atoms with Crippen LogP contribution < -0.4 is 4.90 Å². The Morgan fingerprint density at radius 3 is 2.68 bits per heavy atom. The number of hydrogen-bond acceptors (Lipinski definition) is 4. The maximum Gasteiger partial charge on any atom is 0.305 e. The second-order valence-corrected chi connectivity index (χ2v) is 4.19. The van der Waals surface area contributed by atoms with E-state index in [1.807, 2.05) is 48.3 Å². The number of carboxylic acids is 1. The van der Waals surface area contributed by atoms with E-state index in [-0.39, 0.29) is 6.42 Å². The van der Waals surface area contributed by atoms with Crippen LogP contribution in [-0.2, 0) is 4.79 Å². The van der Waals surface area contributed by atoms with Crippen LogP contribution >= 0.6 is 0 Å². The Hall–Kier alpha value is -2.43. The van der Waals surface area contributed by atoms with E-state index in [0.717, 1.165) is 17.1 Å². The van der Waals surface area contributed by atoms with Crippen molar-refractivity contribution in [1.82, 2.24) is 9.97 Å². The van der Waals surface area contributed by atoms with Gasteiger partial charge in [-0.15, -0.1) is 0 Å². The van der Waals surface area contributed by atoms with E-state index in [4.69, 9.17) is 5.11 Å². The summed E-state index contributed by atoms with van der Waals surface area (Å²) in [6.07, 6.45) is 1.58. The van der Waals surface area contributed by atoms with Crippen molar-refractivity contribution < 1.29 is 9.90 Å². The molecule has 0 saturated heterocycles.